The van der Waals surface area contributed by atoms with E-state index in [1.807, 2.05) is 11.8 Å². The summed E-state index contributed by atoms with van der Waals surface area (Å²) in [6.45, 7) is 15.3. The highest BCUT2D eigenvalue weighted by Crippen LogP contribution is 2.40. The summed E-state index contributed by atoms with van der Waals surface area (Å²) in [5.41, 5.74) is 3.42. The molecule has 2 heteroatoms. The van der Waals surface area contributed by atoms with E-state index in [1.54, 1.807) is 0 Å². The Hall–Kier alpha value is -0.630. The first-order chi connectivity index (χ1) is 10.1. The van der Waals surface area contributed by atoms with Gasteiger partial charge in [-0.2, -0.15) is 11.8 Å². The molecule has 126 valence electrons. The molecule has 0 radical (unpaired) electrons. The van der Waals surface area contributed by atoms with Gasteiger partial charge in [-0.15, -0.1) is 0 Å². The van der Waals surface area contributed by atoms with Crippen molar-refractivity contribution in [2.24, 2.45) is 0 Å². The van der Waals surface area contributed by atoms with Crippen LogP contribution in [-0.2, 0) is 16.6 Å². The molecule has 1 nitrogen and oxygen atoms in total. The molecule has 0 saturated carbocycles. The zero-order valence-corrected chi connectivity index (χ0v) is 16.4. The number of unbranched alkanes of at least 4 members (excludes halogenated alkanes) is 2. The van der Waals surface area contributed by atoms with E-state index in [1.165, 1.54) is 30.6 Å². The maximum Gasteiger partial charge on any atom is 0.123 e. The first-order valence-corrected chi connectivity index (χ1v) is 9.67. The van der Waals surface area contributed by atoms with E-state index in [4.69, 9.17) is 0 Å². The van der Waals surface area contributed by atoms with Gasteiger partial charge in [-0.05, 0) is 39.7 Å². The third kappa shape index (κ3) is 5.53. The first kappa shape index (κ1) is 19.4. The smallest absolute Gasteiger partial charge is 0.123 e. The minimum absolute atomic E-state index is 0.0348. The third-order valence-corrected chi connectivity index (χ3v) is 5.06. The van der Waals surface area contributed by atoms with Crippen molar-refractivity contribution in [1.29, 1.82) is 0 Å². The Bertz CT molecular complexity index is 442. The van der Waals surface area contributed by atoms with Crippen LogP contribution in [0.4, 0.5) is 0 Å². The summed E-state index contributed by atoms with van der Waals surface area (Å²) >= 11 is 2.01. The number of hydrogen-bond donors (Lipinski definition) is 1. The van der Waals surface area contributed by atoms with Gasteiger partial charge in [0.15, 0.2) is 0 Å². The molecule has 0 aliphatic carbocycles. The fourth-order valence-corrected chi connectivity index (χ4v) is 3.52. The average Bonchev–Trinajstić information content (AvgIpc) is 2.37. The van der Waals surface area contributed by atoms with Crippen LogP contribution < -0.4 is 0 Å². The highest BCUT2D eigenvalue weighted by atomic mass is 32.2. The highest BCUT2D eigenvalue weighted by molar-refractivity contribution is 7.98. The number of hydrogen-bond acceptors (Lipinski definition) is 2. The predicted molar refractivity (Wildman–Crippen MR) is 101 cm³/mol. The van der Waals surface area contributed by atoms with Gasteiger partial charge in [0.25, 0.3) is 0 Å². The van der Waals surface area contributed by atoms with E-state index in [0.29, 0.717) is 5.75 Å². The number of benzene rings is 1. The molecule has 1 aromatic rings. The van der Waals surface area contributed by atoms with Crippen molar-refractivity contribution < 1.29 is 5.11 Å². The molecular weight excluding hydrogens is 288 g/mol. The summed E-state index contributed by atoms with van der Waals surface area (Å²) in [4.78, 5) is 0. The van der Waals surface area contributed by atoms with Crippen LogP contribution in [0.3, 0.4) is 0 Å². The van der Waals surface area contributed by atoms with Gasteiger partial charge >= 0.3 is 0 Å². The second kappa shape index (κ2) is 7.77. The molecule has 1 rings (SSSR count). The van der Waals surface area contributed by atoms with E-state index in [-0.39, 0.29) is 10.8 Å². The molecule has 1 N–H and O–H groups in total. The molecule has 0 fully saturated rings. The SMILES string of the molecule is CCCCCSCc1cc(C(C)(C)C)c(O)c(C(C)(C)C)c1. The standard InChI is InChI=1S/C20H34OS/c1-8-9-10-11-22-14-15-12-16(19(2,3)4)18(21)17(13-15)20(5,6)7/h12-13,21H,8-11,14H2,1-7H3. The molecule has 22 heavy (non-hydrogen) atoms. The van der Waals surface area contributed by atoms with Crippen molar-refractivity contribution in [3.63, 3.8) is 0 Å². The van der Waals surface area contributed by atoms with Crippen LogP contribution >= 0.6 is 11.8 Å². The van der Waals surface area contributed by atoms with E-state index >= 15 is 0 Å². The van der Waals surface area contributed by atoms with Gasteiger partial charge in [-0.1, -0.05) is 73.4 Å². The minimum Gasteiger partial charge on any atom is -0.507 e. The van der Waals surface area contributed by atoms with Crippen LogP contribution in [0.5, 0.6) is 5.75 Å². The monoisotopic (exact) mass is 322 g/mol. The summed E-state index contributed by atoms with van der Waals surface area (Å²) in [7, 11) is 0. The van der Waals surface area contributed by atoms with Gasteiger partial charge in [-0.25, -0.2) is 0 Å². The number of phenols is 1. The summed E-state index contributed by atoms with van der Waals surface area (Å²) in [5.74, 6) is 2.75. The fourth-order valence-electron chi connectivity index (χ4n) is 2.57. The Morgan fingerprint density at radius 3 is 1.82 bits per heavy atom. The van der Waals surface area contributed by atoms with Crippen LogP contribution in [0.1, 0.15) is 84.4 Å². The van der Waals surface area contributed by atoms with Crippen LogP contribution in [0.2, 0.25) is 0 Å². The molecule has 0 saturated heterocycles. The van der Waals surface area contributed by atoms with Crippen molar-refractivity contribution in [1.82, 2.24) is 0 Å². The molecular formula is C20H34OS. The van der Waals surface area contributed by atoms with Gasteiger partial charge in [0.05, 0.1) is 0 Å². The molecule has 0 heterocycles. The lowest BCUT2D eigenvalue weighted by molar-refractivity contribution is 0.423. The molecule has 0 bridgehead atoms. The summed E-state index contributed by atoms with van der Waals surface area (Å²) in [6.07, 6.45) is 3.91. The van der Waals surface area contributed by atoms with Gasteiger partial charge in [-0.3, -0.25) is 0 Å². The molecule has 0 atom stereocenters. The van der Waals surface area contributed by atoms with Crippen LogP contribution in [0.15, 0.2) is 12.1 Å². The predicted octanol–water partition coefficient (Wildman–Crippen LogP) is 6.41. The number of phenolic OH excluding ortho intramolecular Hbond substituents is 1. The molecule has 0 amide bonds. The van der Waals surface area contributed by atoms with Crippen molar-refractivity contribution in [3.8, 4) is 5.75 Å². The Kier molecular flexibility index (Phi) is 6.85. The first-order valence-electron chi connectivity index (χ1n) is 8.52. The average molecular weight is 323 g/mol. The van der Waals surface area contributed by atoms with Crippen LogP contribution in [0.25, 0.3) is 0 Å². The molecule has 0 aliphatic heterocycles. The van der Waals surface area contributed by atoms with Gasteiger partial charge in [0.1, 0.15) is 5.75 Å². The zero-order chi connectivity index (χ0) is 17.0. The Balaban J connectivity index is 3.03. The maximum absolute atomic E-state index is 10.7. The van der Waals surface area contributed by atoms with Crippen molar-refractivity contribution >= 4 is 11.8 Å². The molecule has 0 aliphatic rings. The number of rotatable bonds is 6. The van der Waals surface area contributed by atoms with E-state index in [0.717, 1.165) is 16.9 Å². The van der Waals surface area contributed by atoms with E-state index in [9.17, 15) is 5.11 Å². The third-order valence-electron chi connectivity index (χ3n) is 3.95. The van der Waals surface area contributed by atoms with Gasteiger partial charge in [0, 0.05) is 5.75 Å². The second-order valence-electron chi connectivity index (χ2n) is 8.30. The summed E-state index contributed by atoms with van der Waals surface area (Å²) < 4.78 is 0. The molecule has 0 spiro atoms. The summed E-state index contributed by atoms with van der Waals surface area (Å²) in [5, 5.41) is 10.7. The Labute approximate surface area is 141 Å². The lowest BCUT2D eigenvalue weighted by atomic mass is 9.78. The van der Waals surface area contributed by atoms with Crippen LogP contribution in [0, 0.1) is 0 Å². The minimum atomic E-state index is -0.0348. The highest BCUT2D eigenvalue weighted by Gasteiger charge is 2.26. The van der Waals surface area contributed by atoms with Gasteiger partial charge < -0.3 is 5.11 Å². The lowest BCUT2D eigenvalue weighted by Gasteiger charge is -2.28. The maximum atomic E-state index is 10.7. The molecule has 0 unspecified atom stereocenters. The number of thioether (sulfide) groups is 1. The molecule has 1 aromatic carbocycles. The van der Waals surface area contributed by atoms with E-state index in [2.05, 4.69) is 60.6 Å². The summed E-state index contributed by atoms with van der Waals surface area (Å²) in [6, 6.07) is 4.41. The Morgan fingerprint density at radius 2 is 1.41 bits per heavy atom. The topological polar surface area (TPSA) is 20.2 Å². The normalized spacial score (nSPS) is 12.7. The largest absolute Gasteiger partial charge is 0.507 e. The quantitative estimate of drug-likeness (QED) is 0.611. The van der Waals surface area contributed by atoms with Gasteiger partial charge in [0.2, 0.25) is 0 Å². The Morgan fingerprint density at radius 1 is 0.909 bits per heavy atom. The van der Waals surface area contributed by atoms with E-state index < -0.39 is 0 Å². The van der Waals surface area contributed by atoms with Crippen molar-refractivity contribution in [3.05, 3.63) is 28.8 Å². The van der Waals surface area contributed by atoms with Crippen molar-refractivity contribution in [2.75, 3.05) is 5.75 Å². The molecule has 0 aromatic heterocycles. The second-order valence-corrected chi connectivity index (χ2v) is 9.40. The van der Waals surface area contributed by atoms with Crippen molar-refractivity contribution in [2.45, 2.75) is 84.3 Å². The fraction of sp³-hybridized carbons (Fsp3) is 0.700. The number of aromatic hydroxyl groups is 1. The van der Waals surface area contributed by atoms with Crippen LogP contribution in [-0.4, -0.2) is 10.9 Å². The zero-order valence-electron chi connectivity index (χ0n) is 15.5. The lowest BCUT2D eigenvalue weighted by Crippen LogP contribution is -2.17.